The standard InChI is InChI=1S/C11H21N3/c1-5-9(4)10-11(12)14(7-13-10)6-8(2)3/h7-9H,5-6,12H2,1-4H3. The zero-order valence-electron chi connectivity index (χ0n) is 9.62. The van der Waals surface area contributed by atoms with E-state index in [-0.39, 0.29) is 0 Å². The highest BCUT2D eigenvalue weighted by atomic mass is 15.1. The molecule has 3 heteroatoms. The zero-order chi connectivity index (χ0) is 10.7. The molecule has 1 aromatic rings. The largest absolute Gasteiger partial charge is 0.384 e. The van der Waals surface area contributed by atoms with Gasteiger partial charge in [0.15, 0.2) is 0 Å². The number of imidazole rings is 1. The van der Waals surface area contributed by atoms with Crippen molar-refractivity contribution in [3.8, 4) is 0 Å². The van der Waals surface area contributed by atoms with E-state index in [0.717, 1.165) is 24.5 Å². The summed E-state index contributed by atoms with van der Waals surface area (Å²) in [7, 11) is 0. The van der Waals surface area contributed by atoms with Crippen LogP contribution in [0, 0.1) is 5.92 Å². The predicted octanol–water partition coefficient (Wildman–Crippen LogP) is 2.63. The Balaban J connectivity index is 2.85. The van der Waals surface area contributed by atoms with Gasteiger partial charge in [0.05, 0.1) is 12.0 Å². The van der Waals surface area contributed by atoms with Crippen LogP contribution in [-0.2, 0) is 6.54 Å². The molecule has 1 rings (SSSR count). The number of hydrogen-bond acceptors (Lipinski definition) is 2. The van der Waals surface area contributed by atoms with Crippen molar-refractivity contribution in [2.24, 2.45) is 5.92 Å². The maximum Gasteiger partial charge on any atom is 0.126 e. The molecule has 0 saturated heterocycles. The summed E-state index contributed by atoms with van der Waals surface area (Å²) in [4.78, 5) is 4.38. The van der Waals surface area contributed by atoms with Crippen molar-refractivity contribution < 1.29 is 0 Å². The van der Waals surface area contributed by atoms with E-state index in [1.807, 2.05) is 10.9 Å². The van der Waals surface area contributed by atoms with Crippen molar-refractivity contribution in [3.63, 3.8) is 0 Å². The fourth-order valence-electron chi connectivity index (χ4n) is 1.52. The van der Waals surface area contributed by atoms with E-state index in [1.54, 1.807) is 0 Å². The highest BCUT2D eigenvalue weighted by Gasteiger charge is 2.13. The lowest BCUT2D eigenvalue weighted by Crippen LogP contribution is -2.08. The summed E-state index contributed by atoms with van der Waals surface area (Å²) in [5, 5.41) is 0. The van der Waals surface area contributed by atoms with Crippen LogP contribution in [0.4, 0.5) is 5.82 Å². The summed E-state index contributed by atoms with van der Waals surface area (Å²) in [5.74, 6) is 1.91. The minimum atomic E-state index is 0.461. The second-order valence-corrected chi connectivity index (χ2v) is 4.37. The molecule has 1 aromatic heterocycles. The zero-order valence-corrected chi connectivity index (χ0v) is 9.62. The molecule has 1 unspecified atom stereocenters. The SMILES string of the molecule is CCC(C)c1ncn(CC(C)C)c1N. The molecule has 3 nitrogen and oxygen atoms in total. The maximum atomic E-state index is 6.03. The summed E-state index contributed by atoms with van der Waals surface area (Å²) in [5.41, 5.74) is 7.08. The quantitative estimate of drug-likeness (QED) is 0.802. The van der Waals surface area contributed by atoms with E-state index >= 15 is 0 Å². The number of nitrogen functional groups attached to an aromatic ring is 1. The molecule has 14 heavy (non-hydrogen) atoms. The van der Waals surface area contributed by atoms with Gasteiger partial charge in [0.1, 0.15) is 5.82 Å². The Kier molecular flexibility index (Phi) is 3.55. The third-order valence-corrected chi connectivity index (χ3v) is 2.55. The average molecular weight is 195 g/mol. The minimum Gasteiger partial charge on any atom is -0.384 e. The number of rotatable bonds is 4. The number of aromatic nitrogens is 2. The van der Waals surface area contributed by atoms with Gasteiger partial charge in [-0.3, -0.25) is 0 Å². The van der Waals surface area contributed by atoms with E-state index < -0.39 is 0 Å². The van der Waals surface area contributed by atoms with Crippen LogP contribution in [0.5, 0.6) is 0 Å². The first kappa shape index (κ1) is 11.1. The lowest BCUT2D eigenvalue weighted by atomic mass is 10.1. The third-order valence-electron chi connectivity index (χ3n) is 2.55. The maximum absolute atomic E-state index is 6.03. The van der Waals surface area contributed by atoms with Crippen LogP contribution in [0.15, 0.2) is 6.33 Å². The van der Waals surface area contributed by atoms with Crippen LogP contribution >= 0.6 is 0 Å². The highest BCUT2D eigenvalue weighted by molar-refractivity contribution is 5.38. The number of nitrogens with zero attached hydrogens (tertiary/aromatic N) is 2. The Morgan fingerprint density at radius 3 is 2.57 bits per heavy atom. The first-order valence-corrected chi connectivity index (χ1v) is 5.36. The predicted molar refractivity (Wildman–Crippen MR) is 60.2 cm³/mol. The van der Waals surface area contributed by atoms with Crippen molar-refractivity contribution in [2.45, 2.75) is 46.6 Å². The Morgan fingerprint density at radius 2 is 2.07 bits per heavy atom. The molecule has 0 bridgehead atoms. The summed E-state index contributed by atoms with van der Waals surface area (Å²) >= 11 is 0. The monoisotopic (exact) mass is 195 g/mol. The number of anilines is 1. The van der Waals surface area contributed by atoms with Crippen molar-refractivity contribution in [3.05, 3.63) is 12.0 Å². The van der Waals surface area contributed by atoms with Gasteiger partial charge >= 0.3 is 0 Å². The topological polar surface area (TPSA) is 43.8 Å². The Bertz CT molecular complexity index is 289. The van der Waals surface area contributed by atoms with Crippen LogP contribution in [0.2, 0.25) is 0 Å². The van der Waals surface area contributed by atoms with E-state index in [1.165, 1.54) is 0 Å². The molecule has 1 heterocycles. The van der Waals surface area contributed by atoms with E-state index in [9.17, 15) is 0 Å². The molecule has 0 radical (unpaired) electrons. The van der Waals surface area contributed by atoms with Crippen LogP contribution in [0.25, 0.3) is 0 Å². The molecule has 1 atom stereocenters. The lowest BCUT2D eigenvalue weighted by Gasteiger charge is -2.10. The lowest BCUT2D eigenvalue weighted by molar-refractivity contribution is 0.527. The number of nitrogens with two attached hydrogens (primary N) is 1. The smallest absolute Gasteiger partial charge is 0.126 e. The van der Waals surface area contributed by atoms with Crippen LogP contribution in [0.1, 0.15) is 45.7 Å². The normalized spacial score (nSPS) is 13.5. The van der Waals surface area contributed by atoms with Gasteiger partial charge in [-0.2, -0.15) is 0 Å². The average Bonchev–Trinajstić information content (AvgIpc) is 2.46. The molecule has 80 valence electrons. The fraction of sp³-hybridized carbons (Fsp3) is 0.727. The van der Waals surface area contributed by atoms with Gasteiger partial charge in [0.2, 0.25) is 0 Å². The minimum absolute atomic E-state index is 0.461. The summed E-state index contributed by atoms with van der Waals surface area (Å²) in [6.07, 6.45) is 2.94. The summed E-state index contributed by atoms with van der Waals surface area (Å²) in [6, 6.07) is 0. The van der Waals surface area contributed by atoms with Crippen LogP contribution in [0.3, 0.4) is 0 Å². The third kappa shape index (κ3) is 2.28. The molecular weight excluding hydrogens is 174 g/mol. The van der Waals surface area contributed by atoms with Crippen molar-refractivity contribution >= 4 is 5.82 Å². The van der Waals surface area contributed by atoms with E-state index in [2.05, 4.69) is 32.7 Å². The molecule has 0 aromatic carbocycles. The Morgan fingerprint density at radius 1 is 1.43 bits per heavy atom. The molecule has 0 aliphatic heterocycles. The van der Waals surface area contributed by atoms with Gasteiger partial charge in [0, 0.05) is 12.5 Å². The molecule has 2 N–H and O–H groups in total. The van der Waals surface area contributed by atoms with Gasteiger partial charge in [-0.25, -0.2) is 4.98 Å². The van der Waals surface area contributed by atoms with Gasteiger partial charge in [-0.05, 0) is 12.3 Å². The van der Waals surface area contributed by atoms with Gasteiger partial charge < -0.3 is 10.3 Å². The van der Waals surface area contributed by atoms with Crippen molar-refractivity contribution in [1.29, 1.82) is 0 Å². The molecule has 0 saturated carbocycles. The van der Waals surface area contributed by atoms with Gasteiger partial charge in [0.25, 0.3) is 0 Å². The van der Waals surface area contributed by atoms with Gasteiger partial charge in [-0.15, -0.1) is 0 Å². The second kappa shape index (κ2) is 4.49. The molecule has 0 spiro atoms. The van der Waals surface area contributed by atoms with Crippen molar-refractivity contribution in [1.82, 2.24) is 9.55 Å². The molecule has 0 aliphatic rings. The Labute approximate surface area is 86.3 Å². The summed E-state index contributed by atoms with van der Waals surface area (Å²) < 4.78 is 2.05. The van der Waals surface area contributed by atoms with Gasteiger partial charge in [-0.1, -0.05) is 27.7 Å². The van der Waals surface area contributed by atoms with E-state index in [4.69, 9.17) is 5.73 Å². The highest BCUT2D eigenvalue weighted by Crippen LogP contribution is 2.23. The van der Waals surface area contributed by atoms with Crippen LogP contribution < -0.4 is 5.73 Å². The first-order chi connectivity index (χ1) is 6.56. The first-order valence-electron chi connectivity index (χ1n) is 5.36. The molecular formula is C11H21N3. The Hall–Kier alpha value is -0.990. The molecule has 0 amide bonds. The van der Waals surface area contributed by atoms with E-state index in [0.29, 0.717) is 11.8 Å². The fourth-order valence-corrected chi connectivity index (χ4v) is 1.52. The van der Waals surface area contributed by atoms with Crippen LogP contribution in [-0.4, -0.2) is 9.55 Å². The molecule has 0 aliphatic carbocycles. The van der Waals surface area contributed by atoms with Crippen molar-refractivity contribution in [2.75, 3.05) is 5.73 Å². The summed E-state index contributed by atoms with van der Waals surface area (Å²) in [6.45, 7) is 9.64. The second-order valence-electron chi connectivity index (χ2n) is 4.37. The number of hydrogen-bond donors (Lipinski definition) is 1. The molecule has 0 fully saturated rings.